The number of amides is 1. The molecule has 4 heterocycles. The van der Waals surface area contributed by atoms with Gasteiger partial charge >= 0.3 is 0 Å². The SMILES string of the molecule is Cc1noc(C)c1-c1cc(C2=NCC=N2)c2c(c1)c1ccc(C(=O)N3CCOCC3)cc1n2CC1CC1. The molecule has 4 aromatic rings. The zero-order chi connectivity index (χ0) is 25.1. The van der Waals surface area contributed by atoms with Gasteiger partial charge < -0.3 is 18.7 Å². The molecular weight excluding hydrogens is 466 g/mol. The highest BCUT2D eigenvalue weighted by Crippen LogP contribution is 2.41. The Kier molecular flexibility index (Phi) is 5.25. The smallest absolute Gasteiger partial charge is 0.254 e. The van der Waals surface area contributed by atoms with Crippen LogP contribution >= 0.6 is 0 Å². The number of hydrogen-bond acceptors (Lipinski definition) is 6. The minimum atomic E-state index is 0.0647. The van der Waals surface area contributed by atoms with Crippen LogP contribution in [-0.2, 0) is 11.3 Å². The van der Waals surface area contributed by atoms with Gasteiger partial charge in [-0.25, -0.2) is 4.99 Å². The number of carbonyl (C=O) groups excluding carboxylic acids is 1. The van der Waals surface area contributed by atoms with Crippen molar-refractivity contribution in [1.29, 1.82) is 0 Å². The quantitative estimate of drug-likeness (QED) is 0.399. The predicted octanol–water partition coefficient (Wildman–Crippen LogP) is 4.78. The molecule has 0 atom stereocenters. The van der Waals surface area contributed by atoms with Gasteiger partial charge in [-0.05, 0) is 62.4 Å². The van der Waals surface area contributed by atoms with E-state index in [2.05, 4.69) is 39.0 Å². The van der Waals surface area contributed by atoms with E-state index >= 15 is 0 Å². The number of benzene rings is 2. The summed E-state index contributed by atoms with van der Waals surface area (Å²) in [6.07, 6.45) is 4.33. The summed E-state index contributed by atoms with van der Waals surface area (Å²) in [6.45, 7) is 7.87. The maximum atomic E-state index is 13.4. The van der Waals surface area contributed by atoms with Crippen molar-refractivity contribution >= 4 is 39.8 Å². The first-order chi connectivity index (χ1) is 18.1. The number of fused-ring (bicyclic) bond motifs is 3. The van der Waals surface area contributed by atoms with E-state index in [0.29, 0.717) is 38.8 Å². The average Bonchev–Trinajstić information content (AvgIpc) is 3.30. The Bertz CT molecular complexity index is 1600. The second-order valence-electron chi connectivity index (χ2n) is 10.3. The molecule has 0 spiro atoms. The Morgan fingerprint density at radius 1 is 1.08 bits per heavy atom. The summed E-state index contributed by atoms with van der Waals surface area (Å²) in [5.74, 6) is 2.26. The largest absolute Gasteiger partial charge is 0.378 e. The predicted molar refractivity (Wildman–Crippen MR) is 144 cm³/mol. The average molecular weight is 496 g/mol. The van der Waals surface area contributed by atoms with Gasteiger partial charge in [0.2, 0.25) is 0 Å². The summed E-state index contributed by atoms with van der Waals surface area (Å²) < 4.78 is 13.4. The Hall–Kier alpha value is -3.78. The van der Waals surface area contributed by atoms with Crippen molar-refractivity contribution in [2.45, 2.75) is 33.2 Å². The van der Waals surface area contributed by atoms with Crippen LogP contribution in [0, 0.1) is 19.8 Å². The lowest BCUT2D eigenvalue weighted by molar-refractivity contribution is 0.0303. The lowest BCUT2D eigenvalue weighted by atomic mass is 9.97. The molecule has 0 N–H and O–H groups in total. The number of rotatable bonds is 5. The summed E-state index contributed by atoms with van der Waals surface area (Å²) in [5.41, 5.74) is 6.86. The summed E-state index contributed by atoms with van der Waals surface area (Å²) in [4.78, 5) is 24.6. The van der Waals surface area contributed by atoms with E-state index in [0.717, 1.165) is 67.9 Å². The molecule has 2 fully saturated rings. The molecule has 0 unspecified atom stereocenters. The van der Waals surface area contributed by atoms with E-state index in [1.165, 1.54) is 12.8 Å². The number of aryl methyl sites for hydroxylation is 2. The molecule has 1 saturated heterocycles. The summed E-state index contributed by atoms with van der Waals surface area (Å²) >= 11 is 0. The second kappa shape index (κ2) is 8.66. The molecule has 0 radical (unpaired) electrons. The molecule has 37 heavy (non-hydrogen) atoms. The highest BCUT2D eigenvalue weighted by molar-refractivity contribution is 6.20. The number of aliphatic imine (C=N–C) groups is 2. The second-order valence-corrected chi connectivity index (χ2v) is 10.3. The normalized spacial score (nSPS) is 17.8. The van der Waals surface area contributed by atoms with Crippen LogP contribution in [0.3, 0.4) is 0 Å². The van der Waals surface area contributed by atoms with E-state index in [9.17, 15) is 4.79 Å². The van der Waals surface area contributed by atoms with E-state index in [1.54, 1.807) is 0 Å². The molecule has 3 aliphatic rings. The van der Waals surface area contributed by atoms with Crippen LogP contribution in [-0.4, -0.2) is 65.4 Å². The molecule has 0 bridgehead atoms. The number of hydrogen-bond donors (Lipinski definition) is 0. The Morgan fingerprint density at radius 3 is 2.62 bits per heavy atom. The minimum absolute atomic E-state index is 0.0647. The van der Waals surface area contributed by atoms with Crippen molar-refractivity contribution in [2.24, 2.45) is 15.9 Å². The summed E-state index contributed by atoms with van der Waals surface area (Å²) in [6, 6.07) is 10.6. The van der Waals surface area contributed by atoms with Gasteiger partial charge in [-0.3, -0.25) is 9.79 Å². The third kappa shape index (κ3) is 3.78. The van der Waals surface area contributed by atoms with E-state index < -0.39 is 0 Å². The molecule has 2 aromatic heterocycles. The molecule has 8 nitrogen and oxygen atoms in total. The van der Waals surface area contributed by atoms with Gasteiger partial charge in [-0.15, -0.1) is 0 Å². The van der Waals surface area contributed by atoms with Crippen molar-refractivity contribution in [2.75, 3.05) is 32.8 Å². The highest BCUT2D eigenvalue weighted by Gasteiger charge is 2.28. The van der Waals surface area contributed by atoms with E-state index in [4.69, 9.17) is 14.3 Å². The Labute approximate surface area is 214 Å². The molecule has 8 heteroatoms. The Balaban J connectivity index is 1.49. The van der Waals surface area contributed by atoms with Crippen LogP contribution < -0.4 is 0 Å². The van der Waals surface area contributed by atoms with Crippen molar-refractivity contribution in [3.8, 4) is 11.1 Å². The van der Waals surface area contributed by atoms with Crippen LogP contribution in [0.1, 0.15) is 40.2 Å². The fourth-order valence-electron chi connectivity index (χ4n) is 5.72. The van der Waals surface area contributed by atoms with Gasteiger partial charge in [0.1, 0.15) is 5.76 Å². The molecule has 1 amide bonds. The van der Waals surface area contributed by atoms with Crippen LogP contribution in [0.5, 0.6) is 0 Å². The molecule has 188 valence electrons. The van der Waals surface area contributed by atoms with Crippen LogP contribution in [0.25, 0.3) is 32.9 Å². The van der Waals surface area contributed by atoms with Crippen molar-refractivity contribution in [3.63, 3.8) is 0 Å². The number of morpholine rings is 1. The van der Waals surface area contributed by atoms with Gasteiger partial charge in [0.05, 0.1) is 31.0 Å². The van der Waals surface area contributed by atoms with E-state index in [-0.39, 0.29) is 5.91 Å². The van der Waals surface area contributed by atoms with Gasteiger partial charge in [-0.1, -0.05) is 11.2 Å². The standard InChI is InChI=1S/C29H29N5O3/c1-17-26(18(2)37-32-17)21-13-23-22-6-5-20(29(35)33-9-11-36-12-10-33)15-25(22)34(16-19-3-4-19)27(23)24(14-21)28-30-7-8-31-28/h5-7,13-15,19H,3-4,8-12,16H2,1-2H3. The van der Waals surface area contributed by atoms with Crippen LogP contribution in [0.15, 0.2) is 44.8 Å². The third-order valence-corrected chi connectivity index (χ3v) is 7.74. The summed E-state index contributed by atoms with van der Waals surface area (Å²) in [5, 5.41) is 6.47. The van der Waals surface area contributed by atoms with Gasteiger partial charge in [0.25, 0.3) is 5.91 Å². The zero-order valence-electron chi connectivity index (χ0n) is 21.2. The maximum absolute atomic E-state index is 13.4. The number of carbonyl (C=O) groups is 1. The maximum Gasteiger partial charge on any atom is 0.254 e. The van der Waals surface area contributed by atoms with Crippen molar-refractivity contribution in [3.05, 3.63) is 52.9 Å². The number of aromatic nitrogens is 2. The van der Waals surface area contributed by atoms with Gasteiger partial charge in [0, 0.05) is 58.8 Å². The van der Waals surface area contributed by atoms with Crippen LogP contribution in [0.4, 0.5) is 0 Å². The van der Waals surface area contributed by atoms with Crippen molar-refractivity contribution < 1.29 is 14.1 Å². The molecule has 7 rings (SSSR count). The number of amidine groups is 1. The van der Waals surface area contributed by atoms with Gasteiger partial charge in [0.15, 0.2) is 5.84 Å². The van der Waals surface area contributed by atoms with Crippen molar-refractivity contribution in [1.82, 2.24) is 14.6 Å². The first-order valence-corrected chi connectivity index (χ1v) is 13.1. The first-order valence-electron chi connectivity index (χ1n) is 13.1. The first kappa shape index (κ1) is 22.4. The monoisotopic (exact) mass is 495 g/mol. The molecule has 1 aliphatic carbocycles. The number of ether oxygens (including phenoxy) is 1. The molecule has 1 saturated carbocycles. The fourth-order valence-corrected chi connectivity index (χ4v) is 5.72. The minimum Gasteiger partial charge on any atom is -0.378 e. The molecule has 2 aromatic carbocycles. The third-order valence-electron chi connectivity index (χ3n) is 7.74. The van der Waals surface area contributed by atoms with Crippen LogP contribution in [0.2, 0.25) is 0 Å². The van der Waals surface area contributed by atoms with Gasteiger partial charge in [-0.2, -0.15) is 0 Å². The topological polar surface area (TPSA) is 85.2 Å². The number of nitrogens with zero attached hydrogens (tertiary/aromatic N) is 5. The Morgan fingerprint density at radius 2 is 1.92 bits per heavy atom. The highest BCUT2D eigenvalue weighted by atomic mass is 16.5. The summed E-state index contributed by atoms with van der Waals surface area (Å²) in [7, 11) is 0. The lowest BCUT2D eigenvalue weighted by Crippen LogP contribution is -2.40. The zero-order valence-corrected chi connectivity index (χ0v) is 21.2. The van der Waals surface area contributed by atoms with E-state index in [1.807, 2.05) is 31.0 Å². The fraction of sp³-hybridized carbons (Fsp3) is 0.379. The lowest BCUT2D eigenvalue weighted by Gasteiger charge is -2.26. The molecule has 2 aliphatic heterocycles. The molecular formula is C29H29N5O3.